The van der Waals surface area contributed by atoms with Crippen LogP contribution >= 0.6 is 11.3 Å². The fraction of sp³-hybridized carbons (Fsp3) is 0. The lowest BCUT2D eigenvalue weighted by Gasteiger charge is -2.18. The minimum atomic E-state index is 0.670. The van der Waals surface area contributed by atoms with Crippen LogP contribution in [0.4, 0.5) is 0 Å². The van der Waals surface area contributed by atoms with E-state index in [2.05, 4.69) is 113 Å². The Hall–Kier alpha value is -6.37. The molecule has 0 fully saturated rings. The lowest BCUT2D eigenvalue weighted by molar-refractivity contribution is 0.877. The van der Waals surface area contributed by atoms with Crippen molar-refractivity contribution < 1.29 is 0 Å². The van der Waals surface area contributed by atoms with E-state index in [1.165, 1.54) is 20.2 Å². The summed E-state index contributed by atoms with van der Waals surface area (Å²) >= 11 is 1.80. The largest absolute Gasteiger partial charge is 0.256 e. The van der Waals surface area contributed by atoms with Gasteiger partial charge in [0, 0.05) is 54.8 Å². The number of fused-ring (bicyclic) bond motifs is 3. The number of nitrogens with zero attached hydrogens (tertiary/aromatic N) is 5. The molecule has 0 atom stereocenters. The molecule has 0 N–H and O–H groups in total. The minimum absolute atomic E-state index is 0.670. The summed E-state index contributed by atoms with van der Waals surface area (Å²) in [6, 6.07) is 52.2. The van der Waals surface area contributed by atoms with Crippen LogP contribution in [0, 0.1) is 0 Å². The molecule has 0 aliphatic rings. The van der Waals surface area contributed by atoms with Crippen molar-refractivity contribution in [3.63, 3.8) is 0 Å². The van der Waals surface area contributed by atoms with Crippen LogP contribution in [-0.4, -0.2) is 25.4 Å². The molecular formula is C43H27N5S. The summed E-state index contributed by atoms with van der Waals surface area (Å²) in [5, 5.41) is 16.3. The second-order valence-corrected chi connectivity index (χ2v) is 12.8. The molecule has 230 valence electrons. The average Bonchev–Trinajstić information content (AvgIpc) is 3.57. The van der Waals surface area contributed by atoms with E-state index in [1.54, 1.807) is 11.3 Å². The molecule has 4 heterocycles. The highest BCUT2D eigenvalue weighted by Gasteiger charge is 2.26. The van der Waals surface area contributed by atoms with Gasteiger partial charge in [-0.25, -0.2) is 0 Å². The van der Waals surface area contributed by atoms with E-state index in [4.69, 9.17) is 15.1 Å². The van der Waals surface area contributed by atoms with Crippen LogP contribution in [0.5, 0.6) is 0 Å². The lowest BCUT2D eigenvalue weighted by Crippen LogP contribution is -2.04. The van der Waals surface area contributed by atoms with Gasteiger partial charge in [0.1, 0.15) is 11.4 Å². The van der Waals surface area contributed by atoms with E-state index in [0.29, 0.717) is 11.4 Å². The Morgan fingerprint density at radius 2 is 0.939 bits per heavy atom. The van der Waals surface area contributed by atoms with Crippen molar-refractivity contribution in [2.24, 2.45) is 0 Å². The van der Waals surface area contributed by atoms with Crippen molar-refractivity contribution in [3.05, 3.63) is 164 Å². The van der Waals surface area contributed by atoms with Gasteiger partial charge in [0.15, 0.2) is 0 Å². The molecule has 5 aromatic carbocycles. The molecule has 0 aliphatic carbocycles. The fourth-order valence-electron chi connectivity index (χ4n) is 6.71. The molecule has 0 spiro atoms. The number of rotatable bonds is 6. The number of hydrogen-bond acceptors (Lipinski definition) is 6. The van der Waals surface area contributed by atoms with Crippen molar-refractivity contribution in [2.75, 3.05) is 0 Å². The van der Waals surface area contributed by atoms with Crippen molar-refractivity contribution in [2.45, 2.75) is 0 Å². The smallest absolute Gasteiger partial charge is 0.109 e. The van der Waals surface area contributed by atoms with Crippen LogP contribution in [0.3, 0.4) is 0 Å². The predicted octanol–water partition coefficient (Wildman–Crippen LogP) is 11.0. The fourth-order valence-corrected chi connectivity index (χ4v) is 7.82. The maximum Gasteiger partial charge on any atom is 0.109 e. The second-order valence-electron chi connectivity index (χ2n) is 11.7. The summed E-state index contributed by atoms with van der Waals surface area (Å²) in [6.45, 7) is 0. The third kappa shape index (κ3) is 5.06. The van der Waals surface area contributed by atoms with Crippen LogP contribution in [0.1, 0.15) is 0 Å². The van der Waals surface area contributed by atoms with E-state index >= 15 is 0 Å². The number of benzene rings is 5. The number of aromatic nitrogens is 5. The third-order valence-electron chi connectivity index (χ3n) is 8.87. The van der Waals surface area contributed by atoms with Crippen molar-refractivity contribution in [1.82, 2.24) is 25.4 Å². The summed E-state index contributed by atoms with van der Waals surface area (Å²) in [7, 11) is 0. The zero-order valence-electron chi connectivity index (χ0n) is 26.2. The Morgan fingerprint density at radius 3 is 1.65 bits per heavy atom. The van der Waals surface area contributed by atoms with E-state index in [9.17, 15) is 0 Å². The quantitative estimate of drug-likeness (QED) is 0.180. The van der Waals surface area contributed by atoms with Gasteiger partial charge in [-0.15, -0.1) is 21.5 Å². The molecule has 0 amide bonds. The summed E-state index contributed by atoms with van der Waals surface area (Å²) in [4.78, 5) is 10.2. The van der Waals surface area contributed by atoms with Crippen molar-refractivity contribution in [1.29, 1.82) is 0 Å². The van der Waals surface area contributed by atoms with E-state index in [1.807, 2.05) is 60.9 Å². The Bertz CT molecular complexity index is 2600. The minimum Gasteiger partial charge on any atom is -0.256 e. The predicted molar refractivity (Wildman–Crippen MR) is 201 cm³/mol. The van der Waals surface area contributed by atoms with Gasteiger partial charge in [0.25, 0.3) is 0 Å². The number of thiophene rings is 1. The molecule has 9 rings (SSSR count). The first-order valence-corrected chi connectivity index (χ1v) is 16.9. The average molecular weight is 646 g/mol. The second kappa shape index (κ2) is 12.3. The van der Waals surface area contributed by atoms with Crippen molar-refractivity contribution >= 4 is 31.5 Å². The van der Waals surface area contributed by atoms with Gasteiger partial charge in [-0.3, -0.25) is 9.97 Å². The Morgan fingerprint density at radius 1 is 0.367 bits per heavy atom. The lowest BCUT2D eigenvalue weighted by atomic mass is 9.88. The van der Waals surface area contributed by atoms with Crippen molar-refractivity contribution in [3.8, 4) is 67.3 Å². The Balaban J connectivity index is 1.40. The van der Waals surface area contributed by atoms with E-state index < -0.39 is 0 Å². The Kier molecular flexibility index (Phi) is 7.26. The monoisotopic (exact) mass is 645 g/mol. The van der Waals surface area contributed by atoms with Gasteiger partial charge >= 0.3 is 0 Å². The number of pyridine rings is 2. The summed E-state index contributed by atoms with van der Waals surface area (Å²) in [5.74, 6) is 0. The molecule has 0 bridgehead atoms. The molecule has 5 nitrogen and oxygen atoms in total. The first kappa shape index (κ1) is 28.8. The normalized spacial score (nSPS) is 11.3. The number of hydrogen-bond donors (Lipinski definition) is 0. The molecule has 0 aliphatic heterocycles. The van der Waals surface area contributed by atoms with Crippen LogP contribution in [0.2, 0.25) is 0 Å². The molecular weight excluding hydrogens is 619 g/mol. The molecule has 0 unspecified atom stereocenters. The van der Waals surface area contributed by atoms with Gasteiger partial charge in [0.05, 0.1) is 17.0 Å². The van der Waals surface area contributed by atoms with Gasteiger partial charge in [0.2, 0.25) is 0 Å². The molecule has 9 aromatic rings. The van der Waals surface area contributed by atoms with Crippen LogP contribution in [0.25, 0.3) is 87.5 Å². The zero-order valence-corrected chi connectivity index (χ0v) is 27.0. The highest BCUT2D eigenvalue weighted by molar-refractivity contribution is 7.26. The molecule has 0 saturated carbocycles. The maximum atomic E-state index is 5.16. The van der Waals surface area contributed by atoms with Crippen LogP contribution in [-0.2, 0) is 0 Å². The summed E-state index contributed by atoms with van der Waals surface area (Å²) < 4.78 is 2.44. The highest BCUT2D eigenvalue weighted by Crippen LogP contribution is 2.48. The molecule has 49 heavy (non-hydrogen) atoms. The van der Waals surface area contributed by atoms with Crippen LogP contribution < -0.4 is 0 Å². The maximum absolute atomic E-state index is 5.16. The SMILES string of the molecule is c1ccc(-c2cccnc2-c2c(-c3ccccc3)nnnc2-c2cccnc2-c2c(-c3ccccc3)ccc3sc4ccccc4c23)cc1. The molecule has 4 aromatic heterocycles. The van der Waals surface area contributed by atoms with Gasteiger partial charge in [-0.05, 0) is 52.2 Å². The molecule has 6 heteroatoms. The first-order chi connectivity index (χ1) is 24.3. The molecule has 0 saturated heterocycles. The van der Waals surface area contributed by atoms with E-state index in [0.717, 1.165) is 55.9 Å². The van der Waals surface area contributed by atoms with Gasteiger partial charge in [-0.1, -0.05) is 121 Å². The summed E-state index contributed by atoms with van der Waals surface area (Å²) in [6.07, 6.45) is 3.69. The first-order valence-electron chi connectivity index (χ1n) is 16.1. The topological polar surface area (TPSA) is 64.5 Å². The van der Waals surface area contributed by atoms with Gasteiger partial charge in [-0.2, -0.15) is 0 Å². The highest BCUT2D eigenvalue weighted by atomic mass is 32.1. The zero-order chi connectivity index (χ0) is 32.6. The summed E-state index contributed by atoms with van der Waals surface area (Å²) in [5.41, 5.74) is 10.9. The van der Waals surface area contributed by atoms with E-state index in [-0.39, 0.29) is 0 Å². The van der Waals surface area contributed by atoms with Gasteiger partial charge < -0.3 is 0 Å². The Labute approximate surface area is 287 Å². The third-order valence-corrected chi connectivity index (χ3v) is 10.0. The van der Waals surface area contributed by atoms with Crippen LogP contribution in [0.15, 0.2) is 164 Å². The standard InChI is InChI=1S/C43H27N5S/c1-4-14-28(15-5-1)31-24-25-36-37(33-20-10-11-23-35(33)49-36)38(31)42-34(22-13-27-45-42)43-39(40(46-48-47-43)30-18-8-3-9-19-30)41-32(21-12-26-44-41)29-16-6-2-7-17-29/h1-27H. The molecule has 0 radical (unpaired) electrons.